The fourth-order valence-electron chi connectivity index (χ4n) is 3.24. The second-order valence-electron chi connectivity index (χ2n) is 6.79. The van der Waals surface area contributed by atoms with Crippen molar-refractivity contribution in [3.63, 3.8) is 0 Å². The summed E-state index contributed by atoms with van der Waals surface area (Å²) < 4.78 is 41.7. The highest BCUT2D eigenvalue weighted by Crippen LogP contribution is 2.41. The van der Waals surface area contributed by atoms with Crippen LogP contribution < -0.4 is 11.1 Å². The van der Waals surface area contributed by atoms with E-state index in [-0.39, 0.29) is 35.7 Å². The van der Waals surface area contributed by atoms with Gasteiger partial charge in [-0.2, -0.15) is 5.10 Å². The molecule has 2 aromatic rings. The second kappa shape index (κ2) is 6.19. The Hall–Kier alpha value is -2.69. The van der Waals surface area contributed by atoms with E-state index in [1.807, 2.05) is 0 Å². The summed E-state index contributed by atoms with van der Waals surface area (Å²) in [7, 11) is 0. The minimum absolute atomic E-state index is 0.0679. The maximum Gasteiger partial charge on any atom is 0.522 e. The number of hydrogen-bond acceptors (Lipinski definition) is 5. The first-order valence-electron chi connectivity index (χ1n) is 8.46. The molecular formula is C16H16F3N5O3. The molecule has 2 heterocycles. The third kappa shape index (κ3) is 3.46. The summed E-state index contributed by atoms with van der Waals surface area (Å²) in [6.07, 6.45) is -2.37. The summed E-state index contributed by atoms with van der Waals surface area (Å²) in [6, 6.07) is 1.00. The molecule has 4 rings (SSSR count). The molecule has 11 heteroatoms. The molecule has 2 amide bonds. The average Bonchev–Trinajstić information content (AvgIpc) is 3.30. The molecule has 0 unspecified atom stereocenters. The number of halogens is 3. The van der Waals surface area contributed by atoms with E-state index in [9.17, 15) is 22.8 Å². The highest BCUT2D eigenvalue weighted by atomic mass is 19.4. The number of ether oxygens (including phenoxy) is 1. The summed E-state index contributed by atoms with van der Waals surface area (Å²) in [4.78, 5) is 28.5. The maximum atomic E-state index is 12.6. The zero-order chi connectivity index (χ0) is 19.3. The van der Waals surface area contributed by atoms with Gasteiger partial charge in [-0.3, -0.25) is 14.3 Å². The van der Waals surface area contributed by atoms with Crippen LogP contribution in [0.3, 0.4) is 0 Å². The van der Waals surface area contributed by atoms with Crippen LogP contribution in [0.4, 0.5) is 13.2 Å². The number of amides is 2. The van der Waals surface area contributed by atoms with Crippen LogP contribution in [0.2, 0.25) is 0 Å². The Balaban J connectivity index is 1.53. The molecule has 8 nitrogen and oxygen atoms in total. The van der Waals surface area contributed by atoms with Crippen molar-refractivity contribution in [2.75, 3.05) is 0 Å². The lowest BCUT2D eigenvalue weighted by atomic mass is 9.89. The second-order valence-corrected chi connectivity index (χ2v) is 6.79. The molecule has 0 saturated heterocycles. The quantitative estimate of drug-likeness (QED) is 0.813. The Kier molecular flexibility index (Phi) is 4.06. The number of primary amides is 1. The number of hydrogen-bond donors (Lipinski definition) is 2. The smallest absolute Gasteiger partial charge is 0.365 e. The van der Waals surface area contributed by atoms with Crippen LogP contribution in [0.1, 0.15) is 58.1 Å². The molecule has 3 N–H and O–H groups in total. The highest BCUT2D eigenvalue weighted by Gasteiger charge is 2.41. The van der Waals surface area contributed by atoms with Crippen molar-refractivity contribution in [1.82, 2.24) is 19.9 Å². The van der Waals surface area contributed by atoms with E-state index in [4.69, 9.17) is 5.73 Å². The normalized spacial score (nSPS) is 22.5. The van der Waals surface area contributed by atoms with Crippen LogP contribution in [0.25, 0.3) is 5.65 Å². The Morgan fingerprint density at radius 1 is 1.30 bits per heavy atom. The number of nitrogens with two attached hydrogens (primary N) is 1. The molecule has 2 aliphatic rings. The zero-order valence-corrected chi connectivity index (χ0v) is 14.0. The van der Waals surface area contributed by atoms with Gasteiger partial charge in [0, 0.05) is 18.2 Å². The third-order valence-corrected chi connectivity index (χ3v) is 4.72. The minimum Gasteiger partial charge on any atom is -0.365 e. The van der Waals surface area contributed by atoms with Gasteiger partial charge in [0.15, 0.2) is 5.65 Å². The van der Waals surface area contributed by atoms with Crippen molar-refractivity contribution in [3.05, 3.63) is 29.2 Å². The number of fused-ring (bicyclic) bond motifs is 1. The van der Waals surface area contributed by atoms with Gasteiger partial charge in [-0.25, -0.2) is 9.50 Å². The van der Waals surface area contributed by atoms with Gasteiger partial charge in [-0.15, -0.1) is 13.2 Å². The van der Waals surface area contributed by atoms with Gasteiger partial charge in [0.25, 0.3) is 11.8 Å². The van der Waals surface area contributed by atoms with Crippen molar-refractivity contribution in [1.29, 1.82) is 0 Å². The average molecular weight is 383 g/mol. The molecule has 0 atom stereocenters. The Morgan fingerprint density at radius 2 is 2.00 bits per heavy atom. The molecule has 0 aromatic carbocycles. The lowest BCUT2D eigenvalue weighted by molar-refractivity contribution is -0.351. The van der Waals surface area contributed by atoms with Gasteiger partial charge in [0.1, 0.15) is 11.3 Å². The standard InChI is InChI=1S/C16H16F3N5O3/c17-16(18,19)27-9-5-8(6-9)22-15(26)10-3-4-21-14-11(13(20)25)12(7-1-2-7)23-24(10)14/h3-4,7-9H,1-2,5-6H2,(H2,20,25)(H,22,26)/t8-,9+. The van der Waals surface area contributed by atoms with Crippen LogP contribution in [0.5, 0.6) is 0 Å². The van der Waals surface area contributed by atoms with E-state index in [1.165, 1.54) is 16.8 Å². The number of carbonyl (C=O) groups is 2. The zero-order valence-electron chi connectivity index (χ0n) is 14.0. The van der Waals surface area contributed by atoms with Crippen molar-refractivity contribution in [3.8, 4) is 0 Å². The van der Waals surface area contributed by atoms with Gasteiger partial charge in [0.05, 0.1) is 11.8 Å². The highest BCUT2D eigenvalue weighted by molar-refractivity contribution is 6.01. The first-order chi connectivity index (χ1) is 12.7. The van der Waals surface area contributed by atoms with E-state index in [0.717, 1.165) is 12.8 Å². The van der Waals surface area contributed by atoms with Crippen molar-refractivity contribution >= 4 is 17.5 Å². The molecule has 27 heavy (non-hydrogen) atoms. The molecule has 0 radical (unpaired) electrons. The Morgan fingerprint density at radius 3 is 2.59 bits per heavy atom. The summed E-state index contributed by atoms with van der Waals surface area (Å²) in [5.74, 6) is -1.06. The Labute approximate surface area is 150 Å². The van der Waals surface area contributed by atoms with Crippen LogP contribution in [0, 0.1) is 0 Å². The van der Waals surface area contributed by atoms with Crippen LogP contribution in [0.15, 0.2) is 12.3 Å². The predicted octanol–water partition coefficient (Wildman–Crippen LogP) is 1.50. The van der Waals surface area contributed by atoms with Crippen LogP contribution in [-0.2, 0) is 4.74 Å². The monoisotopic (exact) mass is 383 g/mol. The molecule has 0 aliphatic heterocycles. The fraction of sp³-hybridized carbons (Fsp3) is 0.500. The number of alkyl halides is 3. The van der Waals surface area contributed by atoms with E-state index < -0.39 is 30.3 Å². The van der Waals surface area contributed by atoms with E-state index in [1.54, 1.807) is 0 Å². The largest absolute Gasteiger partial charge is 0.522 e. The topological polar surface area (TPSA) is 112 Å². The third-order valence-electron chi connectivity index (χ3n) is 4.72. The van der Waals surface area contributed by atoms with E-state index >= 15 is 0 Å². The van der Waals surface area contributed by atoms with Gasteiger partial charge >= 0.3 is 6.36 Å². The number of carbonyl (C=O) groups excluding carboxylic acids is 2. The first-order valence-corrected chi connectivity index (χ1v) is 8.46. The summed E-state index contributed by atoms with van der Waals surface area (Å²) in [5.41, 5.74) is 6.52. The molecule has 0 bridgehead atoms. The summed E-state index contributed by atoms with van der Waals surface area (Å²) >= 11 is 0. The molecular weight excluding hydrogens is 367 g/mol. The van der Waals surface area contributed by atoms with Crippen molar-refractivity contribution in [2.24, 2.45) is 5.73 Å². The minimum atomic E-state index is -4.68. The van der Waals surface area contributed by atoms with Crippen LogP contribution in [-0.4, -0.2) is 44.9 Å². The fourth-order valence-corrected chi connectivity index (χ4v) is 3.24. The van der Waals surface area contributed by atoms with E-state index in [2.05, 4.69) is 20.1 Å². The molecule has 2 saturated carbocycles. The molecule has 2 fully saturated rings. The number of aromatic nitrogens is 3. The molecule has 0 spiro atoms. The predicted molar refractivity (Wildman–Crippen MR) is 84.9 cm³/mol. The molecule has 144 valence electrons. The lowest BCUT2D eigenvalue weighted by Gasteiger charge is -2.35. The first kappa shape index (κ1) is 17.7. The van der Waals surface area contributed by atoms with Crippen LogP contribution >= 0.6 is 0 Å². The van der Waals surface area contributed by atoms with E-state index in [0.29, 0.717) is 5.69 Å². The number of nitrogens with zero attached hydrogens (tertiary/aromatic N) is 3. The summed E-state index contributed by atoms with van der Waals surface area (Å²) in [5, 5.41) is 7.00. The SMILES string of the molecule is NC(=O)c1c(C2CC2)nn2c(C(=O)N[C@H]3C[C@@H](OC(F)(F)F)C3)ccnc12. The number of nitrogens with one attached hydrogen (secondary N) is 1. The Bertz CT molecular complexity index is 916. The van der Waals surface area contributed by atoms with Gasteiger partial charge in [0.2, 0.25) is 0 Å². The van der Waals surface area contributed by atoms with Crippen molar-refractivity contribution < 1.29 is 27.5 Å². The lowest BCUT2D eigenvalue weighted by Crippen LogP contribution is -2.49. The number of rotatable bonds is 5. The summed E-state index contributed by atoms with van der Waals surface area (Å²) in [6.45, 7) is 0. The van der Waals surface area contributed by atoms with Gasteiger partial charge < -0.3 is 11.1 Å². The molecule has 2 aromatic heterocycles. The van der Waals surface area contributed by atoms with Gasteiger partial charge in [-0.1, -0.05) is 0 Å². The van der Waals surface area contributed by atoms with Gasteiger partial charge in [-0.05, 0) is 31.7 Å². The molecule has 2 aliphatic carbocycles. The maximum absolute atomic E-state index is 12.6. The van der Waals surface area contributed by atoms with Crippen molar-refractivity contribution in [2.45, 2.75) is 50.1 Å².